The van der Waals surface area contributed by atoms with Crippen LogP contribution in [0.25, 0.3) is 0 Å². The van der Waals surface area contributed by atoms with Gasteiger partial charge < -0.3 is 23.4 Å². The molecule has 0 aliphatic carbocycles. The van der Waals surface area contributed by atoms with Gasteiger partial charge in [0.25, 0.3) is 0 Å². The lowest BCUT2D eigenvalue weighted by Crippen LogP contribution is -2.45. The summed E-state index contributed by atoms with van der Waals surface area (Å²) in [4.78, 5) is 23.5. The first-order chi connectivity index (χ1) is 13.3. The van der Waals surface area contributed by atoms with Gasteiger partial charge in [-0.15, -0.1) is 6.42 Å². The molecule has 1 heterocycles. The largest absolute Gasteiger partial charge is 0.463 e. The van der Waals surface area contributed by atoms with E-state index in [9.17, 15) is 9.59 Å². The van der Waals surface area contributed by atoms with E-state index in [0.717, 1.165) is 19.4 Å². The molecule has 3 unspecified atom stereocenters. The predicted molar refractivity (Wildman–Crippen MR) is 105 cm³/mol. The summed E-state index contributed by atoms with van der Waals surface area (Å²) in [5, 5.41) is 0. The third kappa shape index (κ3) is 10.1. The minimum atomic E-state index is -0.506. The fourth-order valence-corrected chi connectivity index (χ4v) is 2.91. The first-order valence-electron chi connectivity index (χ1n) is 10.2. The summed E-state index contributed by atoms with van der Waals surface area (Å²) in [5.74, 6) is 2.19. The van der Waals surface area contributed by atoms with E-state index in [1.165, 1.54) is 0 Å². The summed E-state index contributed by atoms with van der Waals surface area (Å²) in [6.07, 6.45) is 7.43. The van der Waals surface area contributed by atoms with Gasteiger partial charge in [-0.2, -0.15) is 0 Å². The standard InChI is InChI=1S/C21H36NO6/c1-6-9-19(23)26-16-18-14-17(27-20(24)10-7-2)15-21(28-18)25-13-12-22(4,5)11-8-3/h3,17-18,21H,6-7,9-16H2,1-2,4-5H3/q+1. The molecule has 3 atom stereocenters. The molecule has 0 aromatic carbocycles. The van der Waals surface area contributed by atoms with Gasteiger partial charge >= 0.3 is 11.9 Å². The molecule has 0 radical (unpaired) electrons. The molecular weight excluding hydrogens is 362 g/mol. The van der Waals surface area contributed by atoms with E-state index in [1.54, 1.807) is 0 Å². The van der Waals surface area contributed by atoms with Crippen molar-refractivity contribution >= 4 is 11.9 Å². The van der Waals surface area contributed by atoms with Gasteiger partial charge in [-0.25, -0.2) is 0 Å². The highest BCUT2D eigenvalue weighted by molar-refractivity contribution is 5.69. The van der Waals surface area contributed by atoms with Crippen LogP contribution in [0.2, 0.25) is 0 Å². The quantitative estimate of drug-likeness (QED) is 0.285. The van der Waals surface area contributed by atoms with Crippen LogP contribution in [0.1, 0.15) is 52.4 Å². The zero-order valence-electron chi connectivity index (χ0n) is 17.8. The van der Waals surface area contributed by atoms with E-state index in [1.807, 2.05) is 27.9 Å². The number of rotatable bonds is 12. The van der Waals surface area contributed by atoms with Crippen LogP contribution in [0.4, 0.5) is 0 Å². The molecule has 0 amide bonds. The molecule has 0 bridgehead atoms. The van der Waals surface area contributed by atoms with Crippen molar-refractivity contribution in [1.82, 2.24) is 0 Å². The van der Waals surface area contributed by atoms with Gasteiger partial charge in [-0.1, -0.05) is 13.8 Å². The maximum Gasteiger partial charge on any atom is 0.306 e. The SMILES string of the molecule is C#CC[N+](C)(C)CCOC1CC(OC(=O)CCC)CC(COC(=O)CCC)O1. The highest BCUT2D eigenvalue weighted by Crippen LogP contribution is 2.24. The fraction of sp³-hybridized carbons (Fsp3) is 0.810. The van der Waals surface area contributed by atoms with Crippen LogP contribution in [-0.4, -0.2) is 75.3 Å². The minimum absolute atomic E-state index is 0.138. The summed E-state index contributed by atoms with van der Waals surface area (Å²) in [7, 11) is 4.08. The third-order valence-corrected chi connectivity index (χ3v) is 4.48. The zero-order valence-corrected chi connectivity index (χ0v) is 17.8. The fourth-order valence-electron chi connectivity index (χ4n) is 2.91. The molecule has 7 heteroatoms. The van der Waals surface area contributed by atoms with Crippen LogP contribution in [0, 0.1) is 12.3 Å². The smallest absolute Gasteiger partial charge is 0.306 e. The second-order valence-corrected chi connectivity index (χ2v) is 7.85. The van der Waals surface area contributed by atoms with E-state index in [2.05, 4.69) is 5.92 Å². The first kappa shape index (κ1) is 24.4. The Morgan fingerprint density at radius 1 is 1.14 bits per heavy atom. The van der Waals surface area contributed by atoms with Crippen molar-refractivity contribution < 1.29 is 33.0 Å². The topological polar surface area (TPSA) is 71.1 Å². The number of hydrogen-bond donors (Lipinski definition) is 0. The van der Waals surface area contributed by atoms with Crippen molar-refractivity contribution in [2.45, 2.75) is 70.9 Å². The average molecular weight is 399 g/mol. The Morgan fingerprint density at radius 3 is 2.46 bits per heavy atom. The van der Waals surface area contributed by atoms with E-state index in [-0.39, 0.29) is 30.8 Å². The van der Waals surface area contributed by atoms with Gasteiger partial charge in [0, 0.05) is 25.7 Å². The van der Waals surface area contributed by atoms with Gasteiger partial charge in [0.05, 0.1) is 26.8 Å². The number of quaternary nitrogens is 1. The summed E-state index contributed by atoms with van der Waals surface area (Å²) < 4.78 is 23.3. The van der Waals surface area contributed by atoms with Crippen LogP contribution in [0.15, 0.2) is 0 Å². The Morgan fingerprint density at radius 2 is 1.82 bits per heavy atom. The van der Waals surface area contributed by atoms with Crippen LogP contribution < -0.4 is 0 Å². The molecule has 1 rings (SSSR count). The number of esters is 2. The lowest BCUT2D eigenvalue weighted by atomic mass is 10.1. The number of hydrogen-bond acceptors (Lipinski definition) is 6. The van der Waals surface area contributed by atoms with Crippen LogP contribution in [-0.2, 0) is 28.5 Å². The van der Waals surface area contributed by atoms with E-state index >= 15 is 0 Å². The third-order valence-electron chi connectivity index (χ3n) is 4.48. The summed E-state index contributed by atoms with van der Waals surface area (Å²) in [5.41, 5.74) is 0. The number of terminal acetylenes is 1. The van der Waals surface area contributed by atoms with E-state index in [0.29, 0.717) is 43.3 Å². The molecule has 1 saturated heterocycles. The molecule has 0 N–H and O–H groups in total. The van der Waals surface area contributed by atoms with Crippen molar-refractivity contribution in [3.8, 4) is 12.3 Å². The summed E-state index contributed by atoms with van der Waals surface area (Å²) >= 11 is 0. The molecule has 0 aromatic rings. The number of carbonyl (C=O) groups is 2. The van der Waals surface area contributed by atoms with Crippen molar-refractivity contribution in [3.63, 3.8) is 0 Å². The van der Waals surface area contributed by atoms with Gasteiger partial charge in [0.1, 0.15) is 25.8 Å². The summed E-state index contributed by atoms with van der Waals surface area (Å²) in [6, 6.07) is 0. The maximum absolute atomic E-state index is 11.9. The second-order valence-electron chi connectivity index (χ2n) is 7.85. The van der Waals surface area contributed by atoms with E-state index < -0.39 is 6.29 Å². The molecule has 1 aliphatic heterocycles. The van der Waals surface area contributed by atoms with Crippen molar-refractivity contribution in [3.05, 3.63) is 0 Å². The van der Waals surface area contributed by atoms with Gasteiger partial charge in [-0.05, 0) is 18.8 Å². The molecule has 0 saturated carbocycles. The lowest BCUT2D eigenvalue weighted by Gasteiger charge is -2.35. The minimum Gasteiger partial charge on any atom is -0.463 e. The van der Waals surface area contributed by atoms with Gasteiger partial charge in [0.15, 0.2) is 6.29 Å². The normalized spacial score (nSPS) is 22.3. The van der Waals surface area contributed by atoms with Crippen LogP contribution >= 0.6 is 0 Å². The predicted octanol–water partition coefficient (Wildman–Crippen LogP) is 2.27. The Balaban J connectivity index is 2.59. The number of likely N-dealkylation sites (N-methyl/N-ethyl adjacent to an activating group) is 1. The average Bonchev–Trinajstić information content (AvgIpc) is 2.60. The highest BCUT2D eigenvalue weighted by Gasteiger charge is 2.33. The molecule has 0 aromatic heterocycles. The number of nitrogens with zero attached hydrogens (tertiary/aromatic N) is 1. The second kappa shape index (κ2) is 12.8. The Labute approximate surface area is 169 Å². The maximum atomic E-state index is 11.9. The van der Waals surface area contributed by atoms with Crippen molar-refractivity contribution in [2.75, 3.05) is 40.4 Å². The molecular formula is C21H36NO6+. The molecule has 1 aliphatic rings. The number of ether oxygens (including phenoxy) is 4. The molecule has 160 valence electrons. The zero-order chi connectivity index (χ0) is 21.0. The van der Waals surface area contributed by atoms with Crippen LogP contribution in [0.3, 0.4) is 0 Å². The van der Waals surface area contributed by atoms with Crippen LogP contribution in [0.5, 0.6) is 0 Å². The Bertz CT molecular complexity index is 527. The monoisotopic (exact) mass is 398 g/mol. The Hall–Kier alpha value is -1.62. The first-order valence-corrected chi connectivity index (χ1v) is 10.2. The number of carbonyl (C=O) groups excluding carboxylic acids is 2. The van der Waals surface area contributed by atoms with Crippen molar-refractivity contribution in [1.29, 1.82) is 0 Å². The molecule has 7 nitrogen and oxygen atoms in total. The lowest BCUT2D eigenvalue weighted by molar-refractivity contribution is -0.883. The van der Waals surface area contributed by atoms with Gasteiger partial charge in [0.2, 0.25) is 0 Å². The van der Waals surface area contributed by atoms with Gasteiger partial charge in [-0.3, -0.25) is 9.59 Å². The van der Waals surface area contributed by atoms with E-state index in [4.69, 9.17) is 25.4 Å². The Kier molecular flexibility index (Phi) is 11.1. The van der Waals surface area contributed by atoms with Crippen molar-refractivity contribution in [2.24, 2.45) is 0 Å². The summed E-state index contributed by atoms with van der Waals surface area (Å²) in [6.45, 7) is 5.81. The molecule has 0 spiro atoms. The molecule has 1 fully saturated rings. The molecule has 28 heavy (non-hydrogen) atoms. The highest BCUT2D eigenvalue weighted by atomic mass is 16.7.